The van der Waals surface area contributed by atoms with Crippen LogP contribution in [0, 0.1) is 6.92 Å². The number of methoxy groups -OCH3 is 1. The van der Waals surface area contributed by atoms with Crippen LogP contribution < -0.4 is 10.1 Å². The molecule has 0 aromatic heterocycles. The van der Waals surface area contributed by atoms with Gasteiger partial charge in [0.05, 0.1) is 7.11 Å². The topological polar surface area (TPSA) is 58.6 Å². The summed E-state index contributed by atoms with van der Waals surface area (Å²) in [5, 5.41) is 3.11. The van der Waals surface area contributed by atoms with Crippen LogP contribution in [0.2, 0.25) is 0 Å². The summed E-state index contributed by atoms with van der Waals surface area (Å²) in [5.41, 5.74) is 3.80. The fourth-order valence-corrected chi connectivity index (χ4v) is 4.12. The molecular formula is C31H38N2O3. The van der Waals surface area contributed by atoms with Crippen molar-refractivity contribution in [3.63, 3.8) is 0 Å². The highest BCUT2D eigenvalue weighted by Gasteiger charge is 2.32. The molecule has 36 heavy (non-hydrogen) atoms. The van der Waals surface area contributed by atoms with Crippen molar-refractivity contribution in [3.8, 4) is 5.75 Å². The van der Waals surface area contributed by atoms with E-state index in [1.165, 1.54) is 5.56 Å². The first-order valence-corrected chi connectivity index (χ1v) is 12.5. The van der Waals surface area contributed by atoms with Crippen molar-refractivity contribution in [2.45, 2.75) is 65.1 Å². The number of benzene rings is 3. The molecule has 3 aromatic carbocycles. The van der Waals surface area contributed by atoms with Gasteiger partial charge < -0.3 is 15.0 Å². The predicted octanol–water partition coefficient (Wildman–Crippen LogP) is 5.49. The van der Waals surface area contributed by atoms with Gasteiger partial charge in [-0.15, -0.1) is 0 Å². The third-order valence-corrected chi connectivity index (χ3v) is 6.00. The van der Waals surface area contributed by atoms with Crippen molar-refractivity contribution in [3.05, 3.63) is 101 Å². The van der Waals surface area contributed by atoms with E-state index >= 15 is 0 Å². The molecule has 0 aliphatic heterocycles. The SMILES string of the molecule is COc1cccc(CN(C(=O)CCc2ccc(C)cc2)[C@@H](Cc2ccccc2)C(=O)NC(C)(C)C)c1. The molecule has 0 saturated heterocycles. The number of nitrogens with zero attached hydrogens (tertiary/aromatic N) is 1. The Balaban J connectivity index is 1.93. The maximum atomic E-state index is 13.8. The van der Waals surface area contributed by atoms with Crippen molar-refractivity contribution in [2.24, 2.45) is 0 Å². The van der Waals surface area contributed by atoms with Crippen molar-refractivity contribution in [2.75, 3.05) is 7.11 Å². The molecule has 0 fully saturated rings. The Bertz CT molecular complexity index is 1130. The van der Waals surface area contributed by atoms with Gasteiger partial charge in [0.25, 0.3) is 0 Å². The van der Waals surface area contributed by atoms with Gasteiger partial charge in [-0.05, 0) is 62.9 Å². The minimum atomic E-state index is -0.650. The predicted molar refractivity (Wildman–Crippen MR) is 145 cm³/mol. The Hall–Kier alpha value is -3.60. The van der Waals surface area contributed by atoms with E-state index in [0.29, 0.717) is 25.8 Å². The summed E-state index contributed by atoms with van der Waals surface area (Å²) < 4.78 is 5.40. The van der Waals surface area contributed by atoms with Gasteiger partial charge in [0, 0.05) is 24.9 Å². The van der Waals surface area contributed by atoms with Gasteiger partial charge in [-0.2, -0.15) is 0 Å². The first kappa shape index (κ1) is 27.0. The molecule has 5 heteroatoms. The molecule has 5 nitrogen and oxygen atoms in total. The van der Waals surface area contributed by atoms with E-state index in [4.69, 9.17) is 4.74 Å². The monoisotopic (exact) mass is 486 g/mol. The van der Waals surface area contributed by atoms with Crippen LogP contribution in [0.15, 0.2) is 78.9 Å². The van der Waals surface area contributed by atoms with Crippen molar-refractivity contribution in [1.29, 1.82) is 0 Å². The number of amides is 2. The lowest BCUT2D eigenvalue weighted by atomic mass is 9.99. The van der Waals surface area contributed by atoms with E-state index in [-0.39, 0.29) is 11.8 Å². The summed E-state index contributed by atoms with van der Waals surface area (Å²) in [5.74, 6) is 0.514. The van der Waals surface area contributed by atoms with Crippen LogP contribution in [0.4, 0.5) is 0 Å². The quantitative estimate of drug-likeness (QED) is 0.412. The van der Waals surface area contributed by atoms with Gasteiger partial charge in [0.2, 0.25) is 11.8 Å². The molecule has 0 aliphatic carbocycles. The van der Waals surface area contributed by atoms with Gasteiger partial charge in [-0.3, -0.25) is 9.59 Å². The standard InChI is InChI=1S/C31H38N2O3/c1-23-14-16-24(17-15-23)18-19-29(34)33(22-26-12-9-13-27(20-26)36-5)28(30(35)32-31(2,3)4)21-25-10-7-6-8-11-25/h6-17,20,28H,18-19,21-22H2,1-5H3,(H,32,35)/t28-/m0/s1. The van der Waals surface area contributed by atoms with Gasteiger partial charge in [0.15, 0.2) is 0 Å². The van der Waals surface area contributed by atoms with Crippen LogP contribution in [-0.2, 0) is 29.0 Å². The van der Waals surface area contributed by atoms with E-state index in [9.17, 15) is 9.59 Å². The van der Waals surface area contributed by atoms with E-state index in [1.807, 2.05) is 82.3 Å². The molecule has 1 atom stereocenters. The van der Waals surface area contributed by atoms with Gasteiger partial charge in [-0.25, -0.2) is 0 Å². The Morgan fingerprint density at radius 3 is 2.19 bits per heavy atom. The first-order valence-electron chi connectivity index (χ1n) is 12.5. The number of hydrogen-bond donors (Lipinski definition) is 1. The summed E-state index contributed by atoms with van der Waals surface area (Å²) in [7, 11) is 1.62. The number of hydrogen-bond acceptors (Lipinski definition) is 3. The maximum Gasteiger partial charge on any atom is 0.243 e. The lowest BCUT2D eigenvalue weighted by Crippen LogP contribution is -2.54. The van der Waals surface area contributed by atoms with E-state index in [2.05, 4.69) is 29.6 Å². The number of carbonyl (C=O) groups excluding carboxylic acids is 2. The smallest absolute Gasteiger partial charge is 0.243 e. The zero-order valence-corrected chi connectivity index (χ0v) is 22.1. The van der Waals surface area contributed by atoms with Crippen molar-refractivity contribution >= 4 is 11.8 Å². The van der Waals surface area contributed by atoms with E-state index in [0.717, 1.165) is 22.4 Å². The fourth-order valence-electron chi connectivity index (χ4n) is 4.12. The normalized spacial score (nSPS) is 12.0. The van der Waals surface area contributed by atoms with Crippen LogP contribution in [-0.4, -0.2) is 35.4 Å². The zero-order chi connectivity index (χ0) is 26.1. The summed E-state index contributed by atoms with van der Waals surface area (Å²) in [6.45, 7) is 8.23. The highest BCUT2D eigenvalue weighted by atomic mass is 16.5. The first-order chi connectivity index (χ1) is 17.1. The second kappa shape index (κ2) is 12.4. The fraction of sp³-hybridized carbons (Fsp3) is 0.355. The van der Waals surface area contributed by atoms with Crippen LogP contribution in [0.1, 0.15) is 49.4 Å². The second-order valence-electron chi connectivity index (χ2n) is 10.3. The summed E-state index contributed by atoms with van der Waals surface area (Å²) in [4.78, 5) is 29.1. The van der Waals surface area contributed by atoms with Gasteiger partial charge in [-0.1, -0.05) is 72.3 Å². The van der Waals surface area contributed by atoms with Crippen LogP contribution >= 0.6 is 0 Å². The van der Waals surface area contributed by atoms with Crippen LogP contribution in [0.5, 0.6) is 5.75 Å². The Labute approximate surface area is 215 Å². The average Bonchev–Trinajstić information content (AvgIpc) is 2.85. The number of nitrogens with one attached hydrogen (secondary N) is 1. The maximum absolute atomic E-state index is 13.8. The number of ether oxygens (including phenoxy) is 1. The summed E-state index contributed by atoms with van der Waals surface area (Å²) in [6, 6.07) is 25.1. The van der Waals surface area contributed by atoms with Gasteiger partial charge >= 0.3 is 0 Å². The summed E-state index contributed by atoms with van der Waals surface area (Å²) in [6.07, 6.45) is 1.37. The molecule has 2 amide bonds. The molecule has 3 rings (SSSR count). The van der Waals surface area contributed by atoms with Crippen LogP contribution in [0.3, 0.4) is 0 Å². The third kappa shape index (κ3) is 8.26. The molecule has 0 saturated carbocycles. The third-order valence-electron chi connectivity index (χ3n) is 6.00. The molecule has 3 aromatic rings. The molecule has 190 valence electrons. The minimum Gasteiger partial charge on any atom is -0.497 e. The largest absolute Gasteiger partial charge is 0.497 e. The molecule has 0 heterocycles. The van der Waals surface area contributed by atoms with E-state index in [1.54, 1.807) is 12.0 Å². The number of aryl methyl sites for hydroxylation is 2. The number of rotatable bonds is 10. The lowest BCUT2D eigenvalue weighted by Gasteiger charge is -2.34. The molecule has 1 N–H and O–H groups in total. The molecule has 0 aliphatic rings. The van der Waals surface area contributed by atoms with Crippen molar-refractivity contribution in [1.82, 2.24) is 10.2 Å². The van der Waals surface area contributed by atoms with Crippen LogP contribution in [0.25, 0.3) is 0 Å². The highest BCUT2D eigenvalue weighted by molar-refractivity contribution is 5.88. The van der Waals surface area contributed by atoms with Gasteiger partial charge in [0.1, 0.15) is 11.8 Å². The van der Waals surface area contributed by atoms with E-state index < -0.39 is 11.6 Å². The molecular weight excluding hydrogens is 448 g/mol. The highest BCUT2D eigenvalue weighted by Crippen LogP contribution is 2.20. The summed E-state index contributed by atoms with van der Waals surface area (Å²) >= 11 is 0. The Morgan fingerprint density at radius 1 is 0.889 bits per heavy atom. The molecule has 0 bridgehead atoms. The Morgan fingerprint density at radius 2 is 1.56 bits per heavy atom. The zero-order valence-electron chi connectivity index (χ0n) is 22.1. The Kier molecular flexibility index (Phi) is 9.29. The second-order valence-corrected chi connectivity index (χ2v) is 10.3. The molecule has 0 unspecified atom stereocenters. The van der Waals surface area contributed by atoms with Crippen molar-refractivity contribution < 1.29 is 14.3 Å². The average molecular weight is 487 g/mol. The molecule has 0 spiro atoms. The minimum absolute atomic E-state index is 0.0524. The lowest BCUT2D eigenvalue weighted by molar-refractivity contribution is -0.141. The molecule has 0 radical (unpaired) electrons. The number of carbonyl (C=O) groups is 2.